The van der Waals surface area contributed by atoms with Gasteiger partial charge in [0.05, 0.1) is 0 Å². The van der Waals surface area contributed by atoms with Crippen molar-refractivity contribution in [2.24, 2.45) is 0 Å². The first-order chi connectivity index (χ1) is 17.9. The van der Waals surface area contributed by atoms with Gasteiger partial charge in [0.2, 0.25) is 0 Å². The first kappa shape index (κ1) is 22.1. The van der Waals surface area contributed by atoms with Gasteiger partial charge in [-0.3, -0.25) is 0 Å². The van der Waals surface area contributed by atoms with Gasteiger partial charge < -0.3 is 0 Å². The minimum atomic E-state index is 0.194. The van der Waals surface area contributed by atoms with Gasteiger partial charge in [-0.05, 0) is 44.2 Å². The molecule has 0 saturated carbocycles. The number of rotatable bonds is 6. The van der Waals surface area contributed by atoms with Gasteiger partial charge in [-0.25, -0.2) is 0 Å². The van der Waals surface area contributed by atoms with Gasteiger partial charge in [0.25, 0.3) is 0 Å². The second-order valence-electron chi connectivity index (χ2n) is 9.37. The molecule has 0 aromatic heterocycles. The lowest BCUT2D eigenvalue weighted by Gasteiger charge is -2.21. The maximum atomic E-state index is 2.39. The van der Waals surface area contributed by atoms with Crippen LogP contribution in [0.2, 0.25) is 0 Å². The van der Waals surface area contributed by atoms with Crippen molar-refractivity contribution in [2.45, 2.75) is 11.8 Å². The predicted octanol–water partition coefficient (Wildman–Crippen LogP) is 9.20. The van der Waals surface area contributed by atoms with Gasteiger partial charge in [-0.1, -0.05) is 158 Å². The number of hydrogen-bond donors (Lipinski definition) is 0. The molecule has 0 N–H and O–H groups in total. The summed E-state index contributed by atoms with van der Waals surface area (Å²) in [7, 11) is 0. The van der Waals surface area contributed by atoms with Crippen LogP contribution >= 0.6 is 0 Å². The van der Waals surface area contributed by atoms with E-state index < -0.39 is 0 Å². The highest BCUT2D eigenvalue weighted by Gasteiger charge is 2.19. The van der Waals surface area contributed by atoms with Crippen LogP contribution in [0.5, 0.6) is 0 Å². The van der Waals surface area contributed by atoms with Gasteiger partial charge in [-0.2, -0.15) is 0 Å². The zero-order valence-electron chi connectivity index (χ0n) is 20.2. The molecule has 0 radical (unpaired) electrons. The van der Waals surface area contributed by atoms with Crippen molar-refractivity contribution in [3.63, 3.8) is 0 Å². The summed E-state index contributed by atoms with van der Waals surface area (Å²) in [4.78, 5) is 0. The molecule has 0 fully saturated rings. The van der Waals surface area contributed by atoms with E-state index in [2.05, 4.69) is 158 Å². The summed E-state index contributed by atoms with van der Waals surface area (Å²) in [5, 5.41) is 2.54. The van der Waals surface area contributed by atoms with E-state index in [9.17, 15) is 0 Å². The van der Waals surface area contributed by atoms with Crippen LogP contribution < -0.4 is 0 Å². The molecule has 0 saturated heterocycles. The zero-order valence-corrected chi connectivity index (χ0v) is 20.2. The molecule has 0 heteroatoms. The van der Waals surface area contributed by atoms with Crippen molar-refractivity contribution in [3.05, 3.63) is 191 Å². The highest BCUT2D eigenvalue weighted by Crippen LogP contribution is 2.36. The smallest absolute Gasteiger partial charge is 0.0340 e. The lowest BCUT2D eigenvalue weighted by molar-refractivity contribution is 0.975. The summed E-state index contributed by atoms with van der Waals surface area (Å²) in [5.41, 5.74) is 7.87. The van der Waals surface area contributed by atoms with Crippen LogP contribution in [0.25, 0.3) is 10.8 Å². The fourth-order valence-electron chi connectivity index (χ4n) is 5.38. The Hall–Kier alpha value is -4.42. The quantitative estimate of drug-likeness (QED) is 0.217. The standard InChI is InChI=1S/C36H28/c1-5-13-28(14-6-1)35(29-15-7-2-8-16-29)32-23-21-27-22-24-33(26-34(27)25-32)36(30-17-9-3-10-18-30)31-19-11-4-12-20-31/h1-26,35-36H. The first-order valence-electron chi connectivity index (χ1n) is 12.6. The van der Waals surface area contributed by atoms with Crippen LogP contribution in [0.3, 0.4) is 0 Å². The van der Waals surface area contributed by atoms with Crippen LogP contribution in [0.15, 0.2) is 158 Å². The monoisotopic (exact) mass is 460 g/mol. The molecule has 0 spiro atoms. The summed E-state index contributed by atoms with van der Waals surface area (Å²) in [6.45, 7) is 0. The van der Waals surface area contributed by atoms with Crippen LogP contribution in [-0.2, 0) is 0 Å². The second kappa shape index (κ2) is 10.1. The van der Waals surface area contributed by atoms with E-state index in [0.717, 1.165) is 0 Å². The van der Waals surface area contributed by atoms with Crippen LogP contribution in [0, 0.1) is 0 Å². The van der Waals surface area contributed by atoms with E-state index in [4.69, 9.17) is 0 Å². The minimum Gasteiger partial charge on any atom is -0.0622 e. The number of benzene rings is 6. The zero-order chi connectivity index (χ0) is 24.2. The van der Waals surface area contributed by atoms with E-state index >= 15 is 0 Å². The molecule has 36 heavy (non-hydrogen) atoms. The molecule has 0 aliphatic carbocycles. The van der Waals surface area contributed by atoms with E-state index in [1.807, 2.05) is 0 Å². The summed E-state index contributed by atoms with van der Waals surface area (Å²) < 4.78 is 0. The highest BCUT2D eigenvalue weighted by atomic mass is 14.2. The first-order valence-corrected chi connectivity index (χ1v) is 12.6. The topological polar surface area (TPSA) is 0 Å². The van der Waals surface area contributed by atoms with Crippen molar-refractivity contribution in [3.8, 4) is 0 Å². The minimum absolute atomic E-state index is 0.194. The van der Waals surface area contributed by atoms with Gasteiger partial charge in [0.15, 0.2) is 0 Å². The van der Waals surface area contributed by atoms with Gasteiger partial charge in [0, 0.05) is 11.8 Å². The molecule has 6 rings (SSSR count). The van der Waals surface area contributed by atoms with Gasteiger partial charge >= 0.3 is 0 Å². The highest BCUT2D eigenvalue weighted by molar-refractivity contribution is 5.84. The third kappa shape index (κ3) is 4.46. The number of fused-ring (bicyclic) bond motifs is 1. The molecule has 0 amide bonds. The Morgan fingerprint density at radius 2 is 0.556 bits per heavy atom. The number of hydrogen-bond acceptors (Lipinski definition) is 0. The Morgan fingerprint density at radius 3 is 0.861 bits per heavy atom. The molecule has 0 aliphatic heterocycles. The predicted molar refractivity (Wildman–Crippen MR) is 152 cm³/mol. The van der Waals surface area contributed by atoms with E-state index in [1.54, 1.807) is 0 Å². The van der Waals surface area contributed by atoms with E-state index in [1.165, 1.54) is 44.2 Å². The lowest BCUT2D eigenvalue weighted by atomic mass is 9.82. The molecule has 0 nitrogen and oxygen atoms in total. The Bertz CT molecular complexity index is 1360. The van der Waals surface area contributed by atoms with Crippen molar-refractivity contribution < 1.29 is 0 Å². The fraction of sp³-hybridized carbons (Fsp3) is 0.0556. The summed E-state index contributed by atoms with van der Waals surface area (Å²) in [6.07, 6.45) is 0. The van der Waals surface area contributed by atoms with Crippen molar-refractivity contribution in [2.75, 3.05) is 0 Å². The molecule has 6 aromatic carbocycles. The van der Waals surface area contributed by atoms with Gasteiger partial charge in [-0.15, -0.1) is 0 Å². The molecule has 6 aromatic rings. The Labute approximate surface area is 213 Å². The normalized spacial score (nSPS) is 11.3. The fourth-order valence-corrected chi connectivity index (χ4v) is 5.38. The molecule has 0 atom stereocenters. The van der Waals surface area contributed by atoms with Crippen molar-refractivity contribution in [1.82, 2.24) is 0 Å². The average Bonchev–Trinajstić information content (AvgIpc) is 2.96. The second-order valence-corrected chi connectivity index (χ2v) is 9.37. The lowest BCUT2D eigenvalue weighted by Crippen LogP contribution is -2.04. The Kier molecular flexibility index (Phi) is 6.17. The molecular weight excluding hydrogens is 432 g/mol. The summed E-state index contributed by atoms with van der Waals surface area (Å²) in [5.74, 6) is 0.388. The van der Waals surface area contributed by atoms with Crippen molar-refractivity contribution in [1.29, 1.82) is 0 Å². The van der Waals surface area contributed by atoms with Crippen LogP contribution in [-0.4, -0.2) is 0 Å². The summed E-state index contributed by atoms with van der Waals surface area (Å²) in [6, 6.07) is 57.2. The van der Waals surface area contributed by atoms with Crippen LogP contribution in [0.1, 0.15) is 45.2 Å². The maximum Gasteiger partial charge on any atom is 0.0340 e. The summed E-state index contributed by atoms with van der Waals surface area (Å²) >= 11 is 0. The third-order valence-electron chi connectivity index (χ3n) is 7.09. The van der Waals surface area contributed by atoms with E-state index in [-0.39, 0.29) is 11.8 Å². The molecule has 0 aliphatic rings. The Morgan fingerprint density at radius 1 is 0.250 bits per heavy atom. The maximum absolute atomic E-state index is 2.39. The molecule has 0 bridgehead atoms. The van der Waals surface area contributed by atoms with Gasteiger partial charge in [0.1, 0.15) is 0 Å². The Balaban J connectivity index is 1.49. The average molecular weight is 461 g/mol. The molecule has 172 valence electrons. The van der Waals surface area contributed by atoms with Crippen LogP contribution in [0.4, 0.5) is 0 Å². The molecule has 0 heterocycles. The third-order valence-corrected chi connectivity index (χ3v) is 7.09. The van der Waals surface area contributed by atoms with Crippen molar-refractivity contribution >= 4 is 10.8 Å². The SMILES string of the molecule is c1ccc(C(c2ccccc2)c2ccc3ccc(C(c4ccccc4)c4ccccc4)cc3c2)cc1. The largest absolute Gasteiger partial charge is 0.0622 e. The van der Waals surface area contributed by atoms with E-state index in [0.29, 0.717) is 0 Å². The molecular formula is C36H28. The molecule has 0 unspecified atom stereocenters.